The van der Waals surface area contributed by atoms with E-state index in [0.717, 1.165) is 4.31 Å². The molecule has 2 aliphatic rings. The molecule has 108 valence electrons. The number of carboxylic acid groups (broad SMARTS) is 1. The number of carboxylic acids is 1. The normalized spacial score (nSPS) is 23.4. The Kier molecular flexibility index (Phi) is 3.56. The van der Waals surface area contributed by atoms with Crippen LogP contribution in [-0.2, 0) is 19.8 Å². The van der Waals surface area contributed by atoms with Crippen LogP contribution < -0.4 is 5.48 Å². The van der Waals surface area contributed by atoms with Crippen molar-refractivity contribution in [3.8, 4) is 0 Å². The topological polar surface area (TPSA) is 99.2 Å². The number of nitrogens with zero attached hydrogens (tertiary/aromatic N) is 2. The Morgan fingerprint density at radius 2 is 2.05 bits per heavy atom. The second-order valence-corrected chi connectivity index (χ2v) is 6.96. The Labute approximate surface area is 111 Å². The first kappa shape index (κ1) is 14.3. The van der Waals surface area contributed by atoms with Gasteiger partial charge in [0, 0.05) is 27.2 Å². The molecule has 2 aliphatic heterocycles. The molecule has 1 fully saturated rings. The first-order valence-electron chi connectivity index (χ1n) is 5.85. The van der Waals surface area contributed by atoms with Gasteiger partial charge in [-0.25, -0.2) is 4.79 Å². The quantitative estimate of drug-likeness (QED) is 0.701. The van der Waals surface area contributed by atoms with Crippen molar-refractivity contribution in [2.45, 2.75) is 18.4 Å². The molecular formula is C10H17N3O5S. The molecule has 19 heavy (non-hydrogen) atoms. The average Bonchev–Trinajstić information content (AvgIpc) is 2.74. The molecule has 1 spiro atoms. The Bertz CT molecular complexity index is 505. The van der Waals surface area contributed by atoms with Crippen LogP contribution in [0, 0.1) is 0 Å². The number of hydrogen-bond acceptors (Lipinski definition) is 5. The van der Waals surface area contributed by atoms with E-state index in [9.17, 15) is 13.2 Å². The van der Waals surface area contributed by atoms with Gasteiger partial charge in [0.25, 0.3) is 10.2 Å². The van der Waals surface area contributed by atoms with Crippen LogP contribution in [-0.4, -0.2) is 60.9 Å². The summed E-state index contributed by atoms with van der Waals surface area (Å²) in [6, 6.07) is 0. The van der Waals surface area contributed by atoms with Gasteiger partial charge >= 0.3 is 5.97 Å². The highest BCUT2D eigenvalue weighted by Crippen LogP contribution is 2.32. The minimum Gasteiger partial charge on any atom is -0.477 e. The maximum Gasteiger partial charge on any atom is 0.354 e. The number of rotatable bonds is 3. The zero-order valence-electron chi connectivity index (χ0n) is 10.8. The Morgan fingerprint density at radius 3 is 2.47 bits per heavy atom. The largest absolute Gasteiger partial charge is 0.477 e. The van der Waals surface area contributed by atoms with E-state index in [4.69, 9.17) is 9.94 Å². The molecule has 2 N–H and O–H groups in total. The number of piperidine rings is 1. The van der Waals surface area contributed by atoms with Crippen molar-refractivity contribution < 1.29 is 23.2 Å². The fourth-order valence-electron chi connectivity index (χ4n) is 2.16. The predicted molar refractivity (Wildman–Crippen MR) is 66.1 cm³/mol. The minimum atomic E-state index is -3.42. The molecule has 0 aromatic rings. The molecule has 2 heterocycles. The summed E-state index contributed by atoms with van der Waals surface area (Å²) in [5, 5.41) is 8.86. The van der Waals surface area contributed by atoms with Gasteiger partial charge in [-0.3, -0.25) is 10.3 Å². The van der Waals surface area contributed by atoms with E-state index >= 15 is 0 Å². The van der Waals surface area contributed by atoms with Crippen molar-refractivity contribution >= 4 is 16.2 Å². The molecule has 2 rings (SSSR count). The molecule has 0 aromatic carbocycles. The monoisotopic (exact) mass is 291 g/mol. The van der Waals surface area contributed by atoms with Crippen LogP contribution in [0.2, 0.25) is 0 Å². The number of aliphatic carboxylic acids is 1. The summed E-state index contributed by atoms with van der Waals surface area (Å²) in [5.41, 5.74) is 1.66. The van der Waals surface area contributed by atoms with Crippen LogP contribution in [0.5, 0.6) is 0 Å². The highest BCUT2D eigenvalue weighted by atomic mass is 32.2. The van der Waals surface area contributed by atoms with Gasteiger partial charge in [-0.1, -0.05) is 0 Å². The number of hydrogen-bond donors (Lipinski definition) is 2. The van der Waals surface area contributed by atoms with Crippen molar-refractivity contribution in [2.75, 3.05) is 27.2 Å². The summed E-state index contributed by atoms with van der Waals surface area (Å²) >= 11 is 0. The van der Waals surface area contributed by atoms with E-state index in [1.165, 1.54) is 24.5 Å². The molecule has 1 saturated heterocycles. The molecule has 8 nitrogen and oxygen atoms in total. The van der Waals surface area contributed by atoms with E-state index in [2.05, 4.69) is 5.48 Å². The van der Waals surface area contributed by atoms with Gasteiger partial charge in [-0.2, -0.15) is 17.0 Å². The van der Waals surface area contributed by atoms with Gasteiger partial charge in [0.2, 0.25) is 0 Å². The second-order valence-electron chi connectivity index (χ2n) is 4.82. The standard InChI is InChI=1S/C10H17N3O5S/c1-12(2)19(16,17)13-5-3-10(4-6-13)7-8(9(14)15)11-18-10/h7,11H,3-6H2,1-2H3,(H,14,15). The zero-order chi connectivity index (χ0) is 14.3. The van der Waals surface area contributed by atoms with Crippen LogP contribution in [0.25, 0.3) is 0 Å². The first-order chi connectivity index (χ1) is 8.77. The molecule has 0 radical (unpaired) electrons. The molecule has 0 saturated carbocycles. The number of hydroxylamine groups is 1. The lowest BCUT2D eigenvalue weighted by atomic mass is 9.92. The number of carbonyl (C=O) groups is 1. The Morgan fingerprint density at radius 1 is 1.47 bits per heavy atom. The molecular weight excluding hydrogens is 274 g/mol. The Hall–Kier alpha value is -1.16. The molecule has 0 bridgehead atoms. The van der Waals surface area contributed by atoms with Crippen molar-refractivity contribution in [1.29, 1.82) is 0 Å². The molecule has 0 aliphatic carbocycles. The summed E-state index contributed by atoms with van der Waals surface area (Å²) in [7, 11) is -0.459. The first-order valence-corrected chi connectivity index (χ1v) is 7.24. The summed E-state index contributed by atoms with van der Waals surface area (Å²) in [5.74, 6) is -1.08. The SMILES string of the molecule is CN(C)S(=O)(=O)N1CCC2(C=C(C(=O)O)NO2)CC1. The van der Waals surface area contributed by atoms with Crippen LogP contribution in [0.1, 0.15) is 12.8 Å². The van der Waals surface area contributed by atoms with Crippen LogP contribution in [0.4, 0.5) is 0 Å². The van der Waals surface area contributed by atoms with Crippen molar-refractivity contribution in [2.24, 2.45) is 0 Å². The Balaban J connectivity index is 2.07. The van der Waals surface area contributed by atoms with Gasteiger partial charge in [-0.05, 0) is 18.9 Å². The lowest BCUT2D eigenvalue weighted by Crippen LogP contribution is -2.49. The molecule has 0 aromatic heterocycles. The fraction of sp³-hybridized carbons (Fsp3) is 0.700. The molecule has 0 amide bonds. The third kappa shape index (κ3) is 2.59. The van der Waals surface area contributed by atoms with E-state index < -0.39 is 21.8 Å². The maximum absolute atomic E-state index is 11.9. The van der Waals surface area contributed by atoms with E-state index in [0.29, 0.717) is 25.9 Å². The van der Waals surface area contributed by atoms with Crippen LogP contribution in [0.3, 0.4) is 0 Å². The smallest absolute Gasteiger partial charge is 0.354 e. The van der Waals surface area contributed by atoms with Crippen LogP contribution in [0.15, 0.2) is 11.8 Å². The third-order valence-electron chi connectivity index (χ3n) is 3.36. The summed E-state index contributed by atoms with van der Waals surface area (Å²) in [4.78, 5) is 16.1. The van der Waals surface area contributed by atoms with Crippen molar-refractivity contribution in [3.05, 3.63) is 11.8 Å². The lowest BCUT2D eigenvalue weighted by Gasteiger charge is -2.36. The molecule has 0 unspecified atom stereocenters. The van der Waals surface area contributed by atoms with Gasteiger partial charge in [0.15, 0.2) is 0 Å². The maximum atomic E-state index is 11.9. The summed E-state index contributed by atoms with van der Waals surface area (Å²) in [6.45, 7) is 0.594. The highest BCUT2D eigenvalue weighted by Gasteiger charge is 2.42. The van der Waals surface area contributed by atoms with Crippen molar-refractivity contribution in [3.63, 3.8) is 0 Å². The number of nitrogens with one attached hydrogen (secondary N) is 1. The van der Waals surface area contributed by atoms with Crippen molar-refractivity contribution in [1.82, 2.24) is 14.1 Å². The molecule has 9 heteroatoms. The van der Waals surface area contributed by atoms with Gasteiger partial charge in [0.05, 0.1) is 0 Å². The average molecular weight is 291 g/mol. The van der Waals surface area contributed by atoms with E-state index in [1.807, 2.05) is 0 Å². The minimum absolute atomic E-state index is 0.00363. The van der Waals surface area contributed by atoms with Crippen LogP contribution >= 0.6 is 0 Å². The van der Waals surface area contributed by atoms with E-state index in [-0.39, 0.29) is 5.70 Å². The fourth-order valence-corrected chi connectivity index (χ4v) is 3.26. The van der Waals surface area contributed by atoms with Gasteiger partial charge < -0.3 is 5.11 Å². The highest BCUT2D eigenvalue weighted by molar-refractivity contribution is 7.86. The summed E-state index contributed by atoms with van der Waals surface area (Å²) < 4.78 is 26.4. The third-order valence-corrected chi connectivity index (χ3v) is 5.30. The zero-order valence-corrected chi connectivity index (χ0v) is 11.6. The van der Waals surface area contributed by atoms with Gasteiger partial charge in [0.1, 0.15) is 11.3 Å². The summed E-state index contributed by atoms with van der Waals surface area (Å²) in [6.07, 6.45) is 2.36. The lowest BCUT2D eigenvalue weighted by molar-refractivity contribution is -0.135. The second kappa shape index (κ2) is 4.75. The van der Waals surface area contributed by atoms with E-state index in [1.54, 1.807) is 0 Å². The van der Waals surface area contributed by atoms with Gasteiger partial charge in [-0.15, -0.1) is 0 Å². The predicted octanol–water partition coefficient (Wildman–Crippen LogP) is -0.869. The molecule has 0 atom stereocenters.